The fourth-order valence-electron chi connectivity index (χ4n) is 0.989. The number of aliphatic hydroxyl groups excluding tert-OH is 1. The maximum absolute atomic E-state index is 10.4. The lowest BCUT2D eigenvalue weighted by Crippen LogP contribution is -2.16. The van der Waals surface area contributed by atoms with Crippen LogP contribution < -0.4 is 0 Å². The molecular formula is C7H11N3O3. The van der Waals surface area contributed by atoms with Gasteiger partial charge < -0.3 is 10.2 Å². The van der Waals surface area contributed by atoms with E-state index in [1.54, 1.807) is 0 Å². The monoisotopic (exact) mass is 185 g/mol. The first-order chi connectivity index (χ1) is 6.16. The van der Waals surface area contributed by atoms with Crippen LogP contribution in [0.2, 0.25) is 0 Å². The van der Waals surface area contributed by atoms with E-state index < -0.39 is 12.1 Å². The average Bonchev–Trinajstić information content (AvgIpc) is 2.52. The number of hydrogen-bond acceptors (Lipinski definition) is 4. The highest BCUT2D eigenvalue weighted by Gasteiger charge is 2.20. The smallest absolute Gasteiger partial charge is 0.338 e. The van der Waals surface area contributed by atoms with Crippen molar-refractivity contribution < 1.29 is 15.0 Å². The molecule has 0 aromatic carbocycles. The second-order valence-electron chi connectivity index (χ2n) is 2.62. The third kappa shape index (κ3) is 2.03. The Hall–Kier alpha value is -1.43. The predicted octanol–water partition coefficient (Wildman–Crippen LogP) is -0.194. The molecule has 0 fully saturated rings. The standard InChI is InChI=1S/C7H11N3O3/c1-2-3-10-5(4-8-9-10)6(11)7(12)13/h4,6,11H,2-3H2,1H3,(H,12,13). The molecule has 2 N–H and O–H groups in total. The Morgan fingerprint density at radius 2 is 2.46 bits per heavy atom. The van der Waals surface area contributed by atoms with E-state index in [-0.39, 0.29) is 5.69 Å². The highest BCUT2D eigenvalue weighted by Crippen LogP contribution is 2.10. The van der Waals surface area contributed by atoms with Crippen LogP contribution in [0.3, 0.4) is 0 Å². The van der Waals surface area contributed by atoms with Crippen molar-refractivity contribution in [2.45, 2.75) is 26.0 Å². The molecule has 1 heterocycles. The zero-order valence-electron chi connectivity index (χ0n) is 7.21. The molecule has 72 valence electrons. The number of rotatable bonds is 4. The highest BCUT2D eigenvalue weighted by atomic mass is 16.4. The molecule has 0 aliphatic heterocycles. The lowest BCUT2D eigenvalue weighted by atomic mass is 10.3. The summed E-state index contributed by atoms with van der Waals surface area (Å²) < 4.78 is 1.39. The average molecular weight is 185 g/mol. The topological polar surface area (TPSA) is 88.2 Å². The molecule has 1 aromatic heterocycles. The van der Waals surface area contributed by atoms with E-state index in [1.807, 2.05) is 6.92 Å². The van der Waals surface area contributed by atoms with Crippen LogP contribution in [-0.4, -0.2) is 31.2 Å². The summed E-state index contributed by atoms with van der Waals surface area (Å²) in [5.74, 6) is -1.29. The summed E-state index contributed by atoms with van der Waals surface area (Å²) in [4.78, 5) is 10.4. The molecule has 1 unspecified atom stereocenters. The Morgan fingerprint density at radius 3 is 3.00 bits per heavy atom. The molecule has 0 saturated heterocycles. The quantitative estimate of drug-likeness (QED) is 0.678. The van der Waals surface area contributed by atoms with Gasteiger partial charge in [0.05, 0.1) is 11.9 Å². The van der Waals surface area contributed by atoms with Gasteiger partial charge in [0.1, 0.15) is 0 Å². The number of aliphatic carboxylic acids is 1. The second-order valence-corrected chi connectivity index (χ2v) is 2.62. The largest absolute Gasteiger partial charge is 0.479 e. The SMILES string of the molecule is CCCn1nncc1C(O)C(=O)O. The van der Waals surface area contributed by atoms with Gasteiger partial charge in [-0.05, 0) is 6.42 Å². The van der Waals surface area contributed by atoms with Crippen molar-refractivity contribution in [1.29, 1.82) is 0 Å². The zero-order chi connectivity index (χ0) is 9.84. The van der Waals surface area contributed by atoms with Crippen LogP contribution in [-0.2, 0) is 11.3 Å². The minimum Gasteiger partial charge on any atom is -0.479 e. The summed E-state index contributed by atoms with van der Waals surface area (Å²) in [6.45, 7) is 2.48. The van der Waals surface area contributed by atoms with Crippen molar-refractivity contribution in [2.75, 3.05) is 0 Å². The molecule has 1 rings (SSSR count). The van der Waals surface area contributed by atoms with E-state index in [0.717, 1.165) is 6.42 Å². The van der Waals surface area contributed by atoms with Crippen molar-refractivity contribution in [3.63, 3.8) is 0 Å². The van der Waals surface area contributed by atoms with Crippen LogP contribution in [0.5, 0.6) is 0 Å². The fraction of sp³-hybridized carbons (Fsp3) is 0.571. The lowest BCUT2D eigenvalue weighted by molar-refractivity contribution is -0.147. The van der Waals surface area contributed by atoms with Gasteiger partial charge in [-0.15, -0.1) is 5.10 Å². The van der Waals surface area contributed by atoms with Crippen molar-refractivity contribution in [1.82, 2.24) is 15.0 Å². The van der Waals surface area contributed by atoms with Gasteiger partial charge in [0.25, 0.3) is 0 Å². The van der Waals surface area contributed by atoms with Crippen molar-refractivity contribution in [2.24, 2.45) is 0 Å². The molecule has 1 aromatic rings. The van der Waals surface area contributed by atoms with Gasteiger partial charge in [-0.3, -0.25) is 0 Å². The maximum atomic E-state index is 10.4. The van der Waals surface area contributed by atoms with Gasteiger partial charge in [0.15, 0.2) is 6.10 Å². The normalized spacial score (nSPS) is 12.8. The molecule has 0 spiro atoms. The summed E-state index contributed by atoms with van der Waals surface area (Å²) >= 11 is 0. The minimum atomic E-state index is -1.54. The van der Waals surface area contributed by atoms with E-state index >= 15 is 0 Å². The number of carboxylic acids is 1. The number of aryl methyl sites for hydroxylation is 1. The Bertz CT molecular complexity index is 297. The molecule has 0 saturated carbocycles. The van der Waals surface area contributed by atoms with Crippen molar-refractivity contribution in [3.05, 3.63) is 11.9 Å². The number of hydrogen-bond donors (Lipinski definition) is 2. The van der Waals surface area contributed by atoms with Gasteiger partial charge >= 0.3 is 5.97 Å². The number of aromatic nitrogens is 3. The number of carbonyl (C=O) groups is 1. The molecule has 6 nitrogen and oxygen atoms in total. The summed E-state index contributed by atoms with van der Waals surface area (Å²) in [6.07, 6.45) is 0.526. The Morgan fingerprint density at radius 1 is 1.77 bits per heavy atom. The second kappa shape index (κ2) is 3.99. The molecule has 13 heavy (non-hydrogen) atoms. The molecule has 0 aliphatic carbocycles. The summed E-state index contributed by atoms with van der Waals surface area (Å²) in [5, 5.41) is 24.9. The van der Waals surface area contributed by atoms with E-state index in [2.05, 4.69) is 10.3 Å². The van der Waals surface area contributed by atoms with Crippen LogP contribution in [0.4, 0.5) is 0 Å². The molecular weight excluding hydrogens is 174 g/mol. The summed E-state index contributed by atoms with van der Waals surface area (Å²) in [6, 6.07) is 0. The third-order valence-electron chi connectivity index (χ3n) is 1.60. The Labute approximate surface area is 74.8 Å². The zero-order valence-corrected chi connectivity index (χ0v) is 7.21. The van der Waals surface area contributed by atoms with E-state index in [9.17, 15) is 9.90 Å². The maximum Gasteiger partial charge on any atom is 0.338 e. The van der Waals surface area contributed by atoms with E-state index in [1.165, 1.54) is 10.9 Å². The molecule has 0 radical (unpaired) electrons. The third-order valence-corrected chi connectivity index (χ3v) is 1.60. The first-order valence-electron chi connectivity index (χ1n) is 3.96. The summed E-state index contributed by atoms with van der Waals surface area (Å²) in [5.41, 5.74) is 0.217. The predicted molar refractivity (Wildman–Crippen MR) is 42.9 cm³/mol. The number of aliphatic hydroxyl groups is 1. The van der Waals surface area contributed by atoms with Crippen LogP contribution in [0.1, 0.15) is 25.1 Å². The van der Waals surface area contributed by atoms with Crippen LogP contribution in [0, 0.1) is 0 Å². The van der Waals surface area contributed by atoms with Crippen LogP contribution in [0.25, 0.3) is 0 Å². The van der Waals surface area contributed by atoms with Crippen molar-refractivity contribution >= 4 is 5.97 Å². The van der Waals surface area contributed by atoms with Gasteiger partial charge in [-0.1, -0.05) is 12.1 Å². The molecule has 6 heteroatoms. The Kier molecular flexibility index (Phi) is 2.97. The van der Waals surface area contributed by atoms with Crippen molar-refractivity contribution in [3.8, 4) is 0 Å². The van der Waals surface area contributed by atoms with Crippen LogP contribution in [0.15, 0.2) is 6.20 Å². The highest BCUT2D eigenvalue weighted by molar-refractivity contribution is 5.73. The fourth-order valence-corrected chi connectivity index (χ4v) is 0.989. The number of carboxylic acid groups (broad SMARTS) is 1. The van der Waals surface area contributed by atoms with E-state index in [4.69, 9.17) is 5.11 Å². The first-order valence-corrected chi connectivity index (χ1v) is 3.96. The minimum absolute atomic E-state index is 0.217. The van der Waals surface area contributed by atoms with Gasteiger partial charge in [0, 0.05) is 6.54 Å². The summed E-state index contributed by atoms with van der Waals surface area (Å²) in [7, 11) is 0. The van der Waals surface area contributed by atoms with E-state index in [0.29, 0.717) is 6.54 Å². The van der Waals surface area contributed by atoms with Crippen LogP contribution >= 0.6 is 0 Å². The Balaban J connectivity index is 2.86. The van der Waals surface area contributed by atoms with Gasteiger partial charge in [-0.25, -0.2) is 9.48 Å². The van der Waals surface area contributed by atoms with Gasteiger partial charge in [0.2, 0.25) is 0 Å². The lowest BCUT2D eigenvalue weighted by Gasteiger charge is -2.06. The molecule has 0 aliphatic rings. The molecule has 0 bridgehead atoms. The van der Waals surface area contributed by atoms with Gasteiger partial charge in [-0.2, -0.15) is 0 Å². The molecule has 0 amide bonds. The first kappa shape index (κ1) is 9.66. The number of nitrogens with zero attached hydrogens (tertiary/aromatic N) is 3. The molecule has 1 atom stereocenters.